The third-order valence-corrected chi connectivity index (χ3v) is 7.62. The van der Waals surface area contributed by atoms with Gasteiger partial charge in [-0.05, 0) is 48.6 Å². The van der Waals surface area contributed by atoms with E-state index in [9.17, 15) is 28.5 Å². The summed E-state index contributed by atoms with van der Waals surface area (Å²) in [5, 5.41) is 33.5. The first-order chi connectivity index (χ1) is 14.5. The van der Waals surface area contributed by atoms with Crippen LogP contribution in [0, 0.1) is 5.92 Å². The topological polar surface area (TPSA) is 127 Å². The molecule has 2 aromatic rings. The van der Waals surface area contributed by atoms with E-state index in [1.54, 1.807) is 24.3 Å². The maximum absolute atomic E-state index is 13.8. The van der Waals surface area contributed by atoms with Crippen molar-refractivity contribution in [3.05, 3.63) is 60.2 Å². The Labute approximate surface area is 182 Å². The normalized spacial score (nSPS) is 24.0. The molecule has 4 N–H and O–H groups in total. The van der Waals surface area contributed by atoms with E-state index in [4.69, 9.17) is 0 Å². The van der Waals surface area contributed by atoms with Gasteiger partial charge in [0.25, 0.3) is 0 Å². The minimum absolute atomic E-state index is 0.00726. The number of rotatable bonds is 8. The first kappa shape index (κ1) is 23.2. The van der Waals surface area contributed by atoms with Gasteiger partial charge in [-0.2, -0.15) is 4.31 Å². The molecule has 168 valence electrons. The summed E-state index contributed by atoms with van der Waals surface area (Å²) in [5.74, 6) is -1.76. The Morgan fingerprint density at radius 3 is 2.29 bits per heavy atom. The molecule has 2 unspecified atom stereocenters. The fraction of sp³-hybridized carbons (Fsp3) is 0.409. The Kier molecular flexibility index (Phi) is 6.43. The number of hydrogen-bond donors (Lipinski definition) is 4. The van der Waals surface area contributed by atoms with Gasteiger partial charge in [0.05, 0.1) is 10.4 Å². The van der Waals surface area contributed by atoms with Gasteiger partial charge < -0.3 is 15.3 Å². The van der Waals surface area contributed by atoms with Gasteiger partial charge in [0.15, 0.2) is 0 Å². The molecule has 8 nitrogen and oxygen atoms in total. The summed E-state index contributed by atoms with van der Waals surface area (Å²) in [7, 11) is -4.22. The molecule has 0 bridgehead atoms. The quantitative estimate of drug-likeness (QED) is 0.485. The number of phenolic OH excluding ortho intramolecular Hbond substituents is 1. The van der Waals surface area contributed by atoms with Gasteiger partial charge in [0, 0.05) is 13.1 Å². The molecule has 9 heteroatoms. The lowest BCUT2D eigenvalue weighted by molar-refractivity contribution is -0.174. The van der Waals surface area contributed by atoms with Gasteiger partial charge in [0.1, 0.15) is 5.75 Å². The van der Waals surface area contributed by atoms with Crippen molar-refractivity contribution in [2.75, 3.05) is 13.1 Å². The summed E-state index contributed by atoms with van der Waals surface area (Å²) >= 11 is 0. The van der Waals surface area contributed by atoms with Crippen molar-refractivity contribution in [2.45, 2.75) is 42.8 Å². The molecule has 0 aromatic heterocycles. The number of phenols is 1. The van der Waals surface area contributed by atoms with E-state index in [0.29, 0.717) is 5.56 Å². The third kappa shape index (κ3) is 4.18. The fourth-order valence-corrected chi connectivity index (χ4v) is 6.17. The number of carbonyl (C=O) groups is 1. The van der Waals surface area contributed by atoms with Gasteiger partial charge in [-0.15, -0.1) is 0 Å². The van der Waals surface area contributed by atoms with Crippen LogP contribution in [0.25, 0.3) is 0 Å². The second kappa shape index (κ2) is 8.58. The molecular formula is C22H28N2O6S. The van der Waals surface area contributed by atoms with Gasteiger partial charge in [-0.25, -0.2) is 13.2 Å². The lowest BCUT2D eigenvalue weighted by atomic mass is 9.80. The summed E-state index contributed by atoms with van der Waals surface area (Å²) < 4.78 is 28.7. The number of carboxylic acid groups (broad SMARTS) is 1. The molecule has 1 heterocycles. The lowest BCUT2D eigenvalue weighted by Crippen LogP contribution is -2.71. The lowest BCUT2D eigenvalue weighted by Gasteiger charge is -2.47. The number of nitrogens with zero attached hydrogens (tertiary/aromatic N) is 1. The van der Waals surface area contributed by atoms with Gasteiger partial charge >= 0.3 is 5.97 Å². The number of carboxylic acids is 1. The van der Waals surface area contributed by atoms with E-state index in [0.717, 1.165) is 4.31 Å². The largest absolute Gasteiger partial charge is 0.508 e. The summed E-state index contributed by atoms with van der Waals surface area (Å²) in [4.78, 5) is 12.2. The Hall–Kier alpha value is -2.46. The van der Waals surface area contributed by atoms with E-state index in [-0.39, 0.29) is 42.5 Å². The molecule has 1 fully saturated rings. The van der Waals surface area contributed by atoms with E-state index < -0.39 is 27.3 Å². The average molecular weight is 449 g/mol. The first-order valence-electron chi connectivity index (χ1n) is 10.1. The van der Waals surface area contributed by atoms with E-state index in [1.807, 2.05) is 19.9 Å². The summed E-state index contributed by atoms with van der Waals surface area (Å²) in [6.07, 6.45) is 0.113. The van der Waals surface area contributed by atoms with Crippen molar-refractivity contribution in [2.24, 2.45) is 5.92 Å². The van der Waals surface area contributed by atoms with E-state index >= 15 is 0 Å². The van der Waals surface area contributed by atoms with Gasteiger partial charge in [0.2, 0.25) is 15.7 Å². The molecular weight excluding hydrogens is 420 g/mol. The molecule has 0 amide bonds. The second-order valence-electron chi connectivity index (χ2n) is 8.31. The zero-order chi connectivity index (χ0) is 22.9. The highest BCUT2D eigenvalue weighted by Crippen LogP contribution is 2.42. The number of aliphatic hydroxyl groups is 1. The van der Waals surface area contributed by atoms with Crippen molar-refractivity contribution in [3.63, 3.8) is 0 Å². The number of nitrogens with one attached hydrogen (secondary N) is 1. The highest BCUT2D eigenvalue weighted by molar-refractivity contribution is 7.89. The predicted molar refractivity (Wildman–Crippen MR) is 115 cm³/mol. The van der Waals surface area contributed by atoms with Crippen LogP contribution in [0.4, 0.5) is 0 Å². The molecule has 1 saturated heterocycles. The number of hydrogen-bond acceptors (Lipinski definition) is 6. The van der Waals surface area contributed by atoms with E-state index in [1.165, 1.54) is 24.3 Å². The van der Waals surface area contributed by atoms with Crippen molar-refractivity contribution < 1.29 is 28.5 Å². The highest BCUT2D eigenvalue weighted by atomic mass is 32.2. The van der Waals surface area contributed by atoms with Crippen LogP contribution in [0.15, 0.2) is 59.5 Å². The summed E-state index contributed by atoms with van der Waals surface area (Å²) in [6.45, 7) is 3.80. The van der Waals surface area contributed by atoms with Crippen molar-refractivity contribution >= 4 is 16.0 Å². The molecule has 3 rings (SSSR count). The summed E-state index contributed by atoms with van der Waals surface area (Å²) in [6, 6.07) is 14.0. The molecule has 2 atom stereocenters. The average Bonchev–Trinajstić information content (AvgIpc) is 3.05. The monoisotopic (exact) mass is 448 g/mol. The van der Waals surface area contributed by atoms with E-state index in [2.05, 4.69) is 5.32 Å². The number of aliphatic carboxylic acids is 1. The zero-order valence-electron chi connectivity index (χ0n) is 17.5. The van der Waals surface area contributed by atoms with Crippen LogP contribution in [0.3, 0.4) is 0 Å². The van der Waals surface area contributed by atoms with Crippen LogP contribution < -0.4 is 5.32 Å². The SMILES string of the molecule is CC(C)CN(C1(Cc2ccccc2)CCNC1(O)C(=O)O)S(=O)(=O)c1ccc(O)cc1. The number of sulfonamides is 1. The molecule has 1 aliphatic rings. The third-order valence-electron chi connectivity index (χ3n) is 5.67. The molecule has 0 radical (unpaired) electrons. The van der Waals surface area contributed by atoms with Crippen LogP contribution >= 0.6 is 0 Å². The second-order valence-corrected chi connectivity index (χ2v) is 10.2. The highest BCUT2D eigenvalue weighted by Gasteiger charge is 2.65. The van der Waals surface area contributed by atoms with Crippen LogP contribution in [0.2, 0.25) is 0 Å². The Balaban J connectivity index is 2.23. The molecule has 0 spiro atoms. The minimum Gasteiger partial charge on any atom is -0.508 e. The standard InChI is InChI=1S/C22H28N2O6S/c1-16(2)15-24(31(29,30)19-10-8-18(25)9-11-19)21(14-17-6-4-3-5-7-17)12-13-23-22(21,28)20(26)27/h3-11,16,23,25,28H,12-15H2,1-2H3,(H,26,27). The Bertz CT molecular complexity index is 1030. The molecule has 31 heavy (non-hydrogen) atoms. The smallest absolute Gasteiger partial charge is 0.353 e. The van der Waals surface area contributed by atoms with Crippen LogP contribution in [0.1, 0.15) is 25.8 Å². The Morgan fingerprint density at radius 2 is 1.74 bits per heavy atom. The maximum atomic E-state index is 13.8. The maximum Gasteiger partial charge on any atom is 0.353 e. The first-order valence-corrected chi connectivity index (χ1v) is 11.5. The van der Waals surface area contributed by atoms with Gasteiger partial charge in [-0.1, -0.05) is 44.2 Å². The fourth-order valence-electron chi connectivity index (χ4n) is 4.19. The molecule has 0 aliphatic carbocycles. The van der Waals surface area contributed by atoms with Crippen LogP contribution in [-0.2, 0) is 21.2 Å². The van der Waals surface area contributed by atoms with Crippen LogP contribution in [-0.4, -0.2) is 58.4 Å². The van der Waals surface area contributed by atoms with Crippen molar-refractivity contribution in [3.8, 4) is 5.75 Å². The predicted octanol–water partition coefficient (Wildman–Crippen LogP) is 1.79. The zero-order valence-corrected chi connectivity index (χ0v) is 18.3. The van der Waals surface area contributed by atoms with Gasteiger partial charge in [-0.3, -0.25) is 5.32 Å². The summed E-state index contributed by atoms with van der Waals surface area (Å²) in [5.41, 5.74) is -3.44. The van der Waals surface area contributed by atoms with Crippen LogP contribution in [0.5, 0.6) is 5.75 Å². The van der Waals surface area contributed by atoms with Crippen molar-refractivity contribution in [1.29, 1.82) is 0 Å². The molecule has 0 saturated carbocycles. The minimum atomic E-state index is -4.22. The number of benzene rings is 2. The Morgan fingerprint density at radius 1 is 1.13 bits per heavy atom. The number of aromatic hydroxyl groups is 1. The molecule has 2 aromatic carbocycles. The van der Waals surface area contributed by atoms with Crippen molar-refractivity contribution in [1.82, 2.24) is 9.62 Å². The molecule has 1 aliphatic heterocycles.